The van der Waals surface area contributed by atoms with E-state index in [1.54, 1.807) is 0 Å². The van der Waals surface area contributed by atoms with E-state index >= 15 is 0 Å². The van der Waals surface area contributed by atoms with Crippen molar-refractivity contribution in [3.8, 4) is 0 Å². The number of nitrogens with zero attached hydrogens (tertiary/aromatic N) is 1. The smallest absolute Gasteiger partial charge is 0.165 e. The first-order chi connectivity index (χ1) is 9.39. The first-order valence-electron chi connectivity index (χ1n) is 6.77. The Morgan fingerprint density at radius 2 is 2.00 bits per heavy atom. The average Bonchev–Trinajstić information content (AvgIpc) is 2.65. The third kappa shape index (κ3) is 1.92. The highest BCUT2D eigenvalue weighted by atomic mass is 16.3. The number of aliphatic hydroxyl groups excluding tert-OH is 1. The summed E-state index contributed by atoms with van der Waals surface area (Å²) >= 11 is 0. The van der Waals surface area contributed by atoms with Gasteiger partial charge in [0, 0.05) is 18.4 Å². The molecule has 4 nitrogen and oxygen atoms in total. The normalized spacial score (nSPS) is 24.6. The van der Waals surface area contributed by atoms with Gasteiger partial charge in [-0.05, 0) is 11.0 Å². The maximum absolute atomic E-state index is 12.4. The number of benzene rings is 1. The predicted molar refractivity (Wildman–Crippen MR) is 77.6 cm³/mol. The quantitative estimate of drug-likeness (QED) is 0.823. The largest absolute Gasteiger partial charge is 0.512 e. The van der Waals surface area contributed by atoms with Crippen LogP contribution in [0, 0.1) is 5.41 Å². The van der Waals surface area contributed by atoms with Crippen molar-refractivity contribution >= 4 is 11.6 Å². The Morgan fingerprint density at radius 3 is 2.70 bits per heavy atom. The summed E-state index contributed by atoms with van der Waals surface area (Å²) in [6.45, 7) is 3.97. The predicted octanol–water partition coefficient (Wildman–Crippen LogP) is 2.65. The average molecular weight is 270 g/mol. The van der Waals surface area contributed by atoms with Crippen molar-refractivity contribution in [2.45, 2.75) is 32.7 Å². The zero-order chi connectivity index (χ0) is 14.5. The molecular weight excluding hydrogens is 252 g/mol. The summed E-state index contributed by atoms with van der Waals surface area (Å²) in [7, 11) is 0. The van der Waals surface area contributed by atoms with Crippen LogP contribution in [0.3, 0.4) is 0 Å². The van der Waals surface area contributed by atoms with E-state index in [4.69, 9.17) is 5.73 Å². The van der Waals surface area contributed by atoms with Gasteiger partial charge < -0.3 is 10.8 Å². The van der Waals surface area contributed by atoms with Gasteiger partial charge in [-0.3, -0.25) is 9.79 Å². The Hall–Kier alpha value is -2.10. The molecule has 1 unspecified atom stereocenters. The van der Waals surface area contributed by atoms with Crippen LogP contribution >= 0.6 is 0 Å². The van der Waals surface area contributed by atoms with Gasteiger partial charge >= 0.3 is 0 Å². The lowest BCUT2D eigenvalue weighted by atomic mass is 9.74. The van der Waals surface area contributed by atoms with E-state index < -0.39 is 6.04 Å². The molecule has 4 heteroatoms. The zero-order valence-electron chi connectivity index (χ0n) is 11.7. The molecule has 0 radical (unpaired) electrons. The molecule has 3 rings (SSSR count). The van der Waals surface area contributed by atoms with Crippen LogP contribution in [-0.2, 0) is 4.79 Å². The van der Waals surface area contributed by atoms with Crippen LogP contribution in [0.1, 0.15) is 43.9 Å². The van der Waals surface area contributed by atoms with Crippen LogP contribution < -0.4 is 5.73 Å². The van der Waals surface area contributed by atoms with Crippen LogP contribution in [0.5, 0.6) is 0 Å². The number of Topliss-reactive ketones (excluding diaryl/α,β-unsaturated/α-hetero) is 1. The molecule has 0 spiro atoms. The number of carbonyl (C=O) groups excluding carboxylic acids is 1. The second-order valence-electron chi connectivity index (χ2n) is 6.31. The molecule has 1 aromatic carbocycles. The number of nitrogens with two attached hydrogens (primary N) is 1. The van der Waals surface area contributed by atoms with Gasteiger partial charge in [0.1, 0.15) is 17.6 Å². The number of ketones is 1. The van der Waals surface area contributed by atoms with Gasteiger partial charge in [0.15, 0.2) is 5.78 Å². The number of hydrogen-bond donors (Lipinski definition) is 2. The third-order valence-electron chi connectivity index (χ3n) is 3.97. The SMILES string of the molecule is CC1(C)CC(=O)C(C2N=C(N)c3ccccc32)=C(O)C1. The molecule has 3 N–H and O–H groups in total. The van der Waals surface area contributed by atoms with Gasteiger partial charge in [0.05, 0.1) is 5.57 Å². The molecule has 0 aromatic heterocycles. The molecule has 0 fully saturated rings. The summed E-state index contributed by atoms with van der Waals surface area (Å²) < 4.78 is 0. The van der Waals surface area contributed by atoms with E-state index in [1.165, 1.54) is 0 Å². The van der Waals surface area contributed by atoms with Crippen molar-refractivity contribution < 1.29 is 9.90 Å². The molecule has 20 heavy (non-hydrogen) atoms. The summed E-state index contributed by atoms with van der Waals surface area (Å²) in [4.78, 5) is 16.8. The summed E-state index contributed by atoms with van der Waals surface area (Å²) in [6.07, 6.45) is 0.933. The van der Waals surface area contributed by atoms with Crippen molar-refractivity contribution in [3.05, 3.63) is 46.7 Å². The third-order valence-corrected chi connectivity index (χ3v) is 3.97. The van der Waals surface area contributed by atoms with Gasteiger partial charge in [0.2, 0.25) is 0 Å². The minimum atomic E-state index is -0.449. The number of aliphatic hydroxyl groups is 1. The van der Waals surface area contributed by atoms with Gasteiger partial charge in [0.25, 0.3) is 0 Å². The minimum Gasteiger partial charge on any atom is -0.512 e. The molecule has 1 aliphatic heterocycles. The fourth-order valence-electron chi connectivity index (χ4n) is 3.08. The summed E-state index contributed by atoms with van der Waals surface area (Å²) in [5.41, 5.74) is 7.90. The summed E-state index contributed by atoms with van der Waals surface area (Å²) in [5, 5.41) is 10.3. The molecule has 0 bridgehead atoms. The number of amidine groups is 1. The standard InChI is InChI=1S/C16H18N2O2/c1-16(2)7-11(19)13(12(20)8-16)14-9-5-3-4-6-10(9)15(17)18-14/h3-6,14,19H,7-8H2,1-2H3,(H2,17,18). The van der Waals surface area contributed by atoms with E-state index in [0.29, 0.717) is 24.3 Å². The molecule has 0 amide bonds. The molecule has 0 saturated heterocycles. The molecule has 1 aliphatic carbocycles. The number of fused-ring (bicyclic) bond motifs is 1. The lowest BCUT2D eigenvalue weighted by Gasteiger charge is -2.31. The van der Waals surface area contributed by atoms with Gasteiger partial charge in [-0.15, -0.1) is 0 Å². The van der Waals surface area contributed by atoms with Gasteiger partial charge in [-0.1, -0.05) is 38.1 Å². The van der Waals surface area contributed by atoms with Crippen LogP contribution in [0.15, 0.2) is 40.6 Å². The van der Waals surface area contributed by atoms with Gasteiger partial charge in [-0.25, -0.2) is 0 Å². The second-order valence-corrected chi connectivity index (χ2v) is 6.31. The number of allylic oxidation sites excluding steroid dienone is 1. The fraction of sp³-hybridized carbons (Fsp3) is 0.375. The Kier molecular flexibility index (Phi) is 2.71. The van der Waals surface area contributed by atoms with E-state index in [1.807, 2.05) is 38.1 Å². The zero-order valence-corrected chi connectivity index (χ0v) is 11.7. The molecule has 1 atom stereocenters. The van der Waals surface area contributed by atoms with Gasteiger partial charge in [-0.2, -0.15) is 0 Å². The maximum Gasteiger partial charge on any atom is 0.165 e. The fourth-order valence-corrected chi connectivity index (χ4v) is 3.08. The molecular formula is C16H18N2O2. The Bertz CT molecular complexity index is 656. The Labute approximate surface area is 118 Å². The highest BCUT2D eigenvalue weighted by Gasteiger charge is 2.39. The molecule has 0 saturated carbocycles. The maximum atomic E-state index is 12.4. The van der Waals surface area contributed by atoms with Crippen molar-refractivity contribution in [2.75, 3.05) is 0 Å². The van der Waals surface area contributed by atoms with Crippen LogP contribution in [-0.4, -0.2) is 16.7 Å². The first kappa shape index (κ1) is 12.9. The summed E-state index contributed by atoms with van der Waals surface area (Å²) in [5.74, 6) is 0.560. The number of hydrogen-bond acceptors (Lipinski definition) is 4. The van der Waals surface area contributed by atoms with Crippen LogP contribution in [0.4, 0.5) is 0 Å². The van der Waals surface area contributed by atoms with Crippen molar-refractivity contribution in [2.24, 2.45) is 16.1 Å². The molecule has 104 valence electrons. The molecule has 1 heterocycles. The Balaban J connectivity index is 2.09. The van der Waals surface area contributed by atoms with E-state index in [-0.39, 0.29) is 17.0 Å². The van der Waals surface area contributed by atoms with E-state index in [2.05, 4.69) is 4.99 Å². The highest BCUT2D eigenvalue weighted by Crippen LogP contribution is 2.43. The first-order valence-corrected chi connectivity index (χ1v) is 6.77. The highest BCUT2D eigenvalue weighted by molar-refractivity contribution is 6.05. The Morgan fingerprint density at radius 1 is 1.30 bits per heavy atom. The minimum absolute atomic E-state index is 0.0306. The number of rotatable bonds is 1. The van der Waals surface area contributed by atoms with E-state index in [0.717, 1.165) is 11.1 Å². The summed E-state index contributed by atoms with van der Waals surface area (Å²) in [6, 6.07) is 7.15. The molecule has 1 aromatic rings. The number of carbonyl (C=O) groups is 1. The van der Waals surface area contributed by atoms with Crippen molar-refractivity contribution in [1.82, 2.24) is 0 Å². The van der Waals surface area contributed by atoms with Crippen molar-refractivity contribution in [3.63, 3.8) is 0 Å². The van der Waals surface area contributed by atoms with Crippen LogP contribution in [0.25, 0.3) is 0 Å². The lowest BCUT2D eigenvalue weighted by Crippen LogP contribution is -2.27. The lowest BCUT2D eigenvalue weighted by molar-refractivity contribution is -0.118. The monoisotopic (exact) mass is 270 g/mol. The van der Waals surface area contributed by atoms with Crippen molar-refractivity contribution in [1.29, 1.82) is 0 Å². The number of aliphatic imine (C=N–C) groups is 1. The second kappa shape index (κ2) is 4.20. The van der Waals surface area contributed by atoms with E-state index in [9.17, 15) is 9.90 Å². The van der Waals surface area contributed by atoms with Crippen LogP contribution in [0.2, 0.25) is 0 Å². The molecule has 2 aliphatic rings. The topological polar surface area (TPSA) is 75.7 Å².